The molecule has 1 heteroatoms. The van der Waals surface area contributed by atoms with Gasteiger partial charge in [-0.2, -0.15) is 0 Å². The summed E-state index contributed by atoms with van der Waals surface area (Å²) in [5.41, 5.74) is 12.3. The van der Waals surface area contributed by atoms with Crippen LogP contribution >= 0.6 is 0 Å². The van der Waals surface area contributed by atoms with Gasteiger partial charge in [-0.15, -0.1) is 0 Å². The molecule has 4 aromatic rings. The van der Waals surface area contributed by atoms with Crippen molar-refractivity contribution in [2.24, 2.45) is 0 Å². The van der Waals surface area contributed by atoms with Crippen molar-refractivity contribution in [1.29, 1.82) is 0 Å². The van der Waals surface area contributed by atoms with Crippen LogP contribution in [0, 0.1) is 6.92 Å². The molecule has 0 aliphatic heterocycles. The number of rotatable bonds is 2. The Balaban J connectivity index is 1.45. The number of hydrogen-bond donors (Lipinski definition) is 0. The first-order valence-electron chi connectivity index (χ1n) is 12.5. The summed E-state index contributed by atoms with van der Waals surface area (Å²) in [7, 11) is 0. The first-order chi connectivity index (χ1) is 16.3. The van der Waals surface area contributed by atoms with Crippen molar-refractivity contribution >= 4 is 0 Å². The summed E-state index contributed by atoms with van der Waals surface area (Å²) in [6.07, 6.45) is 11.5. The van der Waals surface area contributed by atoms with Crippen LogP contribution in [0.2, 0.25) is 0 Å². The molecule has 4 bridgehead atoms. The number of nitrogens with zero attached hydrogens (tertiary/aromatic N) is 1. The van der Waals surface area contributed by atoms with E-state index in [1.54, 1.807) is 0 Å². The molecular weight excluding hydrogens is 398 g/mol. The molecule has 8 rings (SSSR count). The molecule has 0 fully saturated rings. The van der Waals surface area contributed by atoms with Crippen LogP contribution in [0.3, 0.4) is 0 Å². The summed E-state index contributed by atoms with van der Waals surface area (Å²) < 4.78 is 0. The van der Waals surface area contributed by atoms with Gasteiger partial charge in [0.1, 0.15) is 0 Å². The number of aromatic nitrogens is 1. The van der Waals surface area contributed by atoms with Crippen LogP contribution in [-0.4, -0.2) is 4.98 Å². The Morgan fingerprint density at radius 2 is 1.24 bits per heavy atom. The van der Waals surface area contributed by atoms with Gasteiger partial charge in [0.15, 0.2) is 0 Å². The van der Waals surface area contributed by atoms with Gasteiger partial charge in [-0.05, 0) is 109 Å². The van der Waals surface area contributed by atoms with Crippen molar-refractivity contribution in [2.75, 3.05) is 0 Å². The Morgan fingerprint density at radius 1 is 0.576 bits per heavy atom. The normalized spacial score (nSPS) is 14.5. The molecule has 4 aliphatic carbocycles. The van der Waals surface area contributed by atoms with E-state index in [4.69, 9.17) is 0 Å². The lowest BCUT2D eigenvalue weighted by molar-refractivity contribution is 0.721. The zero-order valence-corrected chi connectivity index (χ0v) is 19.7. The zero-order valence-electron chi connectivity index (χ0n) is 19.7. The second-order valence-electron chi connectivity index (χ2n) is 9.46. The average molecular weight is 432 g/mol. The summed E-state index contributed by atoms with van der Waals surface area (Å²) in [6.45, 7) is 2.28. The van der Waals surface area contributed by atoms with Crippen LogP contribution in [0.15, 0.2) is 85.1 Å². The fourth-order valence-electron chi connectivity index (χ4n) is 5.11. The Hall–Kier alpha value is -3.19. The summed E-state index contributed by atoms with van der Waals surface area (Å²) in [5, 5.41) is 0. The van der Waals surface area contributed by atoms with Crippen molar-refractivity contribution in [1.82, 2.24) is 4.98 Å². The van der Waals surface area contributed by atoms with Crippen molar-refractivity contribution < 1.29 is 0 Å². The number of pyridine rings is 1. The molecule has 0 saturated carbocycles. The zero-order chi connectivity index (χ0) is 22.5. The molecule has 33 heavy (non-hydrogen) atoms. The van der Waals surface area contributed by atoms with E-state index >= 15 is 0 Å². The second kappa shape index (κ2) is 10.2. The molecule has 0 saturated heterocycles. The van der Waals surface area contributed by atoms with Crippen LogP contribution in [0.1, 0.15) is 53.5 Å². The minimum Gasteiger partial charge on any atom is -0.256 e. The highest BCUT2D eigenvalue weighted by molar-refractivity contribution is 5.73. The van der Waals surface area contributed by atoms with Crippen molar-refractivity contribution in [3.8, 4) is 22.4 Å². The minimum absolute atomic E-state index is 1.05. The SMILES string of the molecule is Cc1cc2ccc1CCCCc1ccc(c(-c3ccnc(-c4ccccc4)c3)c1)CCCC2. The van der Waals surface area contributed by atoms with Crippen LogP contribution in [0.4, 0.5) is 0 Å². The maximum Gasteiger partial charge on any atom is 0.0708 e. The van der Waals surface area contributed by atoms with Crippen LogP contribution in [-0.2, 0) is 25.7 Å². The summed E-state index contributed by atoms with van der Waals surface area (Å²) in [4.78, 5) is 4.66. The van der Waals surface area contributed by atoms with Crippen molar-refractivity contribution in [3.05, 3.63) is 113 Å². The van der Waals surface area contributed by atoms with E-state index in [9.17, 15) is 0 Å². The molecule has 1 aromatic heterocycles. The van der Waals surface area contributed by atoms with Gasteiger partial charge in [0.05, 0.1) is 5.69 Å². The van der Waals surface area contributed by atoms with Gasteiger partial charge in [-0.25, -0.2) is 0 Å². The largest absolute Gasteiger partial charge is 0.256 e. The average Bonchev–Trinajstić information content (AvgIpc) is 2.86. The van der Waals surface area contributed by atoms with Gasteiger partial charge < -0.3 is 0 Å². The van der Waals surface area contributed by atoms with Gasteiger partial charge in [-0.1, -0.05) is 66.7 Å². The summed E-state index contributed by atoms with van der Waals surface area (Å²) in [5.74, 6) is 0. The van der Waals surface area contributed by atoms with Crippen molar-refractivity contribution in [2.45, 2.75) is 58.3 Å². The molecule has 0 N–H and O–H groups in total. The van der Waals surface area contributed by atoms with E-state index in [2.05, 4.69) is 90.8 Å². The third kappa shape index (κ3) is 5.25. The molecular formula is C32H33N. The van der Waals surface area contributed by atoms with E-state index in [1.807, 2.05) is 6.20 Å². The smallest absolute Gasteiger partial charge is 0.0708 e. The van der Waals surface area contributed by atoms with Crippen LogP contribution in [0.5, 0.6) is 0 Å². The Kier molecular flexibility index (Phi) is 6.67. The Morgan fingerprint density at radius 3 is 2.00 bits per heavy atom. The van der Waals surface area contributed by atoms with Crippen LogP contribution in [0.25, 0.3) is 22.4 Å². The van der Waals surface area contributed by atoms with Gasteiger partial charge >= 0.3 is 0 Å². The Labute approximate surface area is 198 Å². The quantitative estimate of drug-likeness (QED) is 0.312. The predicted molar refractivity (Wildman–Crippen MR) is 140 cm³/mol. The highest BCUT2D eigenvalue weighted by Gasteiger charge is 2.10. The maximum absolute atomic E-state index is 4.66. The fraction of sp³-hybridized carbons (Fsp3) is 0.281. The monoisotopic (exact) mass is 431 g/mol. The van der Waals surface area contributed by atoms with Gasteiger partial charge in [-0.3, -0.25) is 4.98 Å². The molecule has 0 unspecified atom stereocenters. The molecule has 0 atom stereocenters. The predicted octanol–water partition coefficient (Wildman–Crippen LogP) is 8.17. The molecule has 0 amide bonds. The third-order valence-corrected chi connectivity index (χ3v) is 7.04. The second-order valence-corrected chi connectivity index (χ2v) is 9.46. The van der Waals surface area contributed by atoms with E-state index in [0.717, 1.165) is 18.5 Å². The first kappa shape index (κ1) is 21.6. The van der Waals surface area contributed by atoms with E-state index in [1.165, 1.54) is 83.0 Å². The standard InChI is InChI=1S/C32H33N/c1-24-21-25-9-6-8-12-28-18-16-26(10-5-7-11-27(24)17-15-25)22-31(28)30-19-20-33-32(23-30)29-13-3-2-4-14-29/h2-4,13-23H,5-12H2,1H3. The number of aryl methyl sites for hydroxylation is 5. The molecule has 3 aromatic carbocycles. The third-order valence-electron chi connectivity index (χ3n) is 7.04. The van der Waals surface area contributed by atoms with Gasteiger partial charge in [0.25, 0.3) is 0 Å². The highest BCUT2D eigenvalue weighted by Crippen LogP contribution is 2.30. The molecule has 166 valence electrons. The molecule has 0 radical (unpaired) electrons. The molecule has 0 spiro atoms. The van der Waals surface area contributed by atoms with Gasteiger partial charge in [0.2, 0.25) is 0 Å². The number of benzene rings is 3. The van der Waals surface area contributed by atoms with E-state index in [-0.39, 0.29) is 0 Å². The molecule has 1 nitrogen and oxygen atoms in total. The topological polar surface area (TPSA) is 12.9 Å². The maximum atomic E-state index is 4.66. The number of hydrogen-bond acceptors (Lipinski definition) is 1. The minimum atomic E-state index is 1.05. The van der Waals surface area contributed by atoms with Crippen LogP contribution < -0.4 is 0 Å². The van der Waals surface area contributed by atoms with Crippen molar-refractivity contribution in [3.63, 3.8) is 0 Å². The lowest BCUT2D eigenvalue weighted by atomic mass is 9.91. The molecule has 1 heterocycles. The van der Waals surface area contributed by atoms with E-state index < -0.39 is 0 Å². The summed E-state index contributed by atoms with van der Waals surface area (Å²) in [6, 6.07) is 29.3. The highest BCUT2D eigenvalue weighted by atomic mass is 14.7. The molecule has 4 aliphatic rings. The fourth-order valence-corrected chi connectivity index (χ4v) is 5.11. The lowest BCUT2D eigenvalue weighted by Crippen LogP contribution is -1.98. The first-order valence-corrected chi connectivity index (χ1v) is 12.5. The lowest BCUT2D eigenvalue weighted by Gasteiger charge is -2.15. The Bertz CT molecular complexity index is 1220. The van der Waals surface area contributed by atoms with Gasteiger partial charge in [0, 0.05) is 11.8 Å². The van der Waals surface area contributed by atoms with E-state index in [0.29, 0.717) is 0 Å². The summed E-state index contributed by atoms with van der Waals surface area (Å²) >= 11 is 0.